The molecule has 1 N–H and O–H groups in total. The first kappa shape index (κ1) is 23.0. The average molecular weight is 470 g/mol. The van der Waals surface area contributed by atoms with E-state index in [-0.39, 0.29) is 22.9 Å². The van der Waals surface area contributed by atoms with E-state index >= 15 is 0 Å². The van der Waals surface area contributed by atoms with Crippen LogP contribution in [0.5, 0.6) is 0 Å². The Labute approximate surface area is 196 Å². The molecule has 0 atom stereocenters. The molecular formula is C24H28ClN5O3. The number of halogens is 1. The van der Waals surface area contributed by atoms with E-state index in [0.717, 1.165) is 5.69 Å². The molecule has 33 heavy (non-hydrogen) atoms. The van der Waals surface area contributed by atoms with Crippen molar-refractivity contribution in [1.82, 2.24) is 19.4 Å². The molecule has 1 amide bonds. The Balaban J connectivity index is 1.71. The zero-order valence-electron chi connectivity index (χ0n) is 19.1. The monoisotopic (exact) mass is 469 g/mol. The van der Waals surface area contributed by atoms with Crippen LogP contribution in [0.1, 0.15) is 49.2 Å². The van der Waals surface area contributed by atoms with Crippen molar-refractivity contribution >= 4 is 34.2 Å². The molecule has 0 aliphatic carbocycles. The maximum atomic E-state index is 13.6. The standard InChI is InChI=1S/C24H28ClN5O3/c1-4-9-30-21-20(22(31)27-24(30)33)18(14-19(26-21)15(2)3)23(32)29-12-10-28(11-13-29)17-7-5-16(25)6-8-17/h5-8,14-15H,4,9-13H2,1-3H3,(H,27,31,33). The van der Waals surface area contributed by atoms with E-state index in [1.54, 1.807) is 11.0 Å². The number of carbonyl (C=O) groups is 1. The molecule has 0 radical (unpaired) electrons. The second kappa shape index (κ2) is 9.39. The minimum absolute atomic E-state index is 0.0344. The lowest BCUT2D eigenvalue weighted by Crippen LogP contribution is -2.49. The summed E-state index contributed by atoms with van der Waals surface area (Å²) >= 11 is 5.99. The highest BCUT2D eigenvalue weighted by molar-refractivity contribution is 6.30. The van der Waals surface area contributed by atoms with Gasteiger partial charge in [0.15, 0.2) is 5.65 Å². The van der Waals surface area contributed by atoms with Crippen LogP contribution in [0, 0.1) is 0 Å². The molecule has 0 bridgehead atoms. The Morgan fingerprint density at radius 3 is 2.39 bits per heavy atom. The molecule has 9 heteroatoms. The van der Waals surface area contributed by atoms with Gasteiger partial charge in [0.2, 0.25) is 0 Å². The molecule has 0 saturated carbocycles. The maximum absolute atomic E-state index is 13.6. The fourth-order valence-electron chi connectivity index (χ4n) is 4.18. The van der Waals surface area contributed by atoms with E-state index < -0.39 is 11.2 Å². The second-order valence-electron chi connectivity index (χ2n) is 8.61. The summed E-state index contributed by atoms with van der Waals surface area (Å²) in [5, 5.41) is 0.863. The number of aromatic nitrogens is 3. The number of aryl methyl sites for hydroxylation is 1. The number of H-pyrrole nitrogens is 1. The van der Waals surface area contributed by atoms with E-state index in [1.807, 2.05) is 45.0 Å². The summed E-state index contributed by atoms with van der Waals surface area (Å²) in [5.74, 6) is -0.181. The Morgan fingerprint density at radius 1 is 1.12 bits per heavy atom. The van der Waals surface area contributed by atoms with Gasteiger partial charge in [0.25, 0.3) is 11.5 Å². The van der Waals surface area contributed by atoms with Gasteiger partial charge < -0.3 is 9.80 Å². The lowest BCUT2D eigenvalue weighted by molar-refractivity contribution is 0.0748. The van der Waals surface area contributed by atoms with E-state index in [4.69, 9.17) is 11.6 Å². The van der Waals surface area contributed by atoms with Crippen molar-refractivity contribution < 1.29 is 4.79 Å². The SMILES string of the molecule is CCCn1c(=O)[nH]c(=O)c2c(C(=O)N3CCN(c4ccc(Cl)cc4)CC3)cc(C(C)C)nc21. The number of pyridine rings is 1. The van der Waals surface area contributed by atoms with Gasteiger partial charge in [-0.2, -0.15) is 0 Å². The third-order valence-electron chi connectivity index (χ3n) is 6.00. The van der Waals surface area contributed by atoms with Crippen molar-refractivity contribution in [3.05, 3.63) is 67.4 Å². The predicted octanol–water partition coefficient (Wildman–Crippen LogP) is 3.23. The van der Waals surface area contributed by atoms with Crippen LogP contribution in [-0.4, -0.2) is 51.5 Å². The number of benzene rings is 1. The van der Waals surface area contributed by atoms with Crippen LogP contribution in [0.2, 0.25) is 5.02 Å². The molecule has 1 fully saturated rings. The van der Waals surface area contributed by atoms with Crippen molar-refractivity contribution in [1.29, 1.82) is 0 Å². The van der Waals surface area contributed by atoms with Crippen molar-refractivity contribution in [3.8, 4) is 0 Å². The highest BCUT2D eigenvalue weighted by atomic mass is 35.5. The minimum atomic E-state index is -0.576. The maximum Gasteiger partial charge on any atom is 0.329 e. The summed E-state index contributed by atoms with van der Waals surface area (Å²) in [6, 6.07) is 9.35. The van der Waals surface area contributed by atoms with Crippen molar-refractivity contribution in [3.63, 3.8) is 0 Å². The van der Waals surface area contributed by atoms with Gasteiger partial charge in [0.1, 0.15) is 0 Å². The molecule has 0 spiro atoms. The molecule has 174 valence electrons. The van der Waals surface area contributed by atoms with Gasteiger partial charge in [-0.15, -0.1) is 0 Å². The molecule has 1 aliphatic heterocycles. The molecule has 8 nitrogen and oxygen atoms in total. The van der Waals surface area contributed by atoms with E-state index in [0.29, 0.717) is 55.4 Å². The predicted molar refractivity (Wildman–Crippen MR) is 131 cm³/mol. The lowest BCUT2D eigenvalue weighted by atomic mass is 10.0. The molecule has 3 heterocycles. The quantitative estimate of drug-likeness (QED) is 0.619. The Hall–Kier alpha value is -3.13. The first-order valence-electron chi connectivity index (χ1n) is 11.3. The van der Waals surface area contributed by atoms with Crippen LogP contribution in [0.4, 0.5) is 5.69 Å². The molecule has 3 aromatic rings. The summed E-state index contributed by atoms with van der Waals surface area (Å²) in [5.41, 5.74) is 1.24. The smallest absolute Gasteiger partial charge is 0.329 e. The number of amides is 1. The van der Waals surface area contributed by atoms with Gasteiger partial charge >= 0.3 is 5.69 Å². The van der Waals surface area contributed by atoms with Gasteiger partial charge in [0.05, 0.1) is 10.9 Å². The van der Waals surface area contributed by atoms with E-state index in [9.17, 15) is 14.4 Å². The van der Waals surface area contributed by atoms with Gasteiger partial charge in [-0.05, 0) is 42.7 Å². The normalized spacial score (nSPS) is 14.3. The van der Waals surface area contributed by atoms with Crippen LogP contribution in [0.3, 0.4) is 0 Å². The number of nitrogens with one attached hydrogen (secondary N) is 1. The third kappa shape index (κ3) is 4.53. The summed E-state index contributed by atoms with van der Waals surface area (Å²) in [6.45, 7) is 8.69. The largest absolute Gasteiger partial charge is 0.368 e. The first-order valence-corrected chi connectivity index (χ1v) is 11.7. The lowest BCUT2D eigenvalue weighted by Gasteiger charge is -2.36. The van der Waals surface area contributed by atoms with Crippen molar-refractivity contribution in [2.45, 2.75) is 39.7 Å². The molecular weight excluding hydrogens is 442 g/mol. The van der Waals surface area contributed by atoms with Crippen molar-refractivity contribution in [2.24, 2.45) is 0 Å². The topological polar surface area (TPSA) is 91.3 Å². The molecule has 1 aromatic carbocycles. The van der Waals surface area contributed by atoms with E-state index in [1.165, 1.54) is 4.57 Å². The molecule has 2 aromatic heterocycles. The van der Waals surface area contributed by atoms with E-state index in [2.05, 4.69) is 14.9 Å². The third-order valence-corrected chi connectivity index (χ3v) is 6.25. The van der Waals surface area contributed by atoms with Crippen LogP contribution in [-0.2, 0) is 6.54 Å². The minimum Gasteiger partial charge on any atom is -0.368 e. The summed E-state index contributed by atoms with van der Waals surface area (Å²) in [7, 11) is 0. The Bertz CT molecular complexity index is 1290. The Morgan fingerprint density at radius 2 is 1.79 bits per heavy atom. The zero-order chi connectivity index (χ0) is 23.7. The molecule has 0 unspecified atom stereocenters. The average Bonchev–Trinajstić information content (AvgIpc) is 2.81. The number of nitrogens with zero attached hydrogens (tertiary/aromatic N) is 4. The van der Waals surface area contributed by atoms with Crippen LogP contribution < -0.4 is 16.1 Å². The van der Waals surface area contributed by atoms with Crippen molar-refractivity contribution in [2.75, 3.05) is 31.1 Å². The summed E-state index contributed by atoms with van der Waals surface area (Å²) < 4.78 is 1.46. The zero-order valence-corrected chi connectivity index (χ0v) is 19.9. The van der Waals surface area contributed by atoms with Gasteiger partial charge in [-0.1, -0.05) is 32.4 Å². The molecule has 1 saturated heterocycles. The van der Waals surface area contributed by atoms with Crippen LogP contribution in [0.25, 0.3) is 11.0 Å². The molecule has 4 rings (SSSR count). The number of anilines is 1. The number of rotatable bonds is 5. The number of piperazine rings is 1. The number of carbonyl (C=O) groups excluding carboxylic acids is 1. The fourth-order valence-corrected chi connectivity index (χ4v) is 4.30. The number of aromatic amines is 1. The number of hydrogen-bond acceptors (Lipinski definition) is 5. The molecule has 1 aliphatic rings. The first-order chi connectivity index (χ1) is 15.8. The second-order valence-corrected chi connectivity index (χ2v) is 9.05. The fraction of sp³-hybridized carbons (Fsp3) is 0.417. The number of hydrogen-bond donors (Lipinski definition) is 1. The summed E-state index contributed by atoms with van der Waals surface area (Å²) in [6.07, 6.45) is 0.699. The highest BCUT2D eigenvalue weighted by Gasteiger charge is 2.27. The van der Waals surface area contributed by atoms with Gasteiger partial charge in [-0.3, -0.25) is 19.1 Å². The summed E-state index contributed by atoms with van der Waals surface area (Å²) in [4.78, 5) is 49.8. The van der Waals surface area contributed by atoms with Gasteiger partial charge in [0, 0.05) is 49.1 Å². The van der Waals surface area contributed by atoms with Crippen LogP contribution in [0.15, 0.2) is 39.9 Å². The number of fused-ring (bicyclic) bond motifs is 1. The van der Waals surface area contributed by atoms with Gasteiger partial charge in [-0.25, -0.2) is 9.78 Å². The van der Waals surface area contributed by atoms with Crippen LogP contribution >= 0.6 is 11.6 Å². The Kier molecular flexibility index (Phi) is 6.56. The highest BCUT2D eigenvalue weighted by Crippen LogP contribution is 2.23.